The standard InChI is InChI=1S/C8H11NO2/c1-5-3-7(4-11-5)8(10)6(2)9/h3-4,6H,9H2,1-2H3. The third kappa shape index (κ3) is 1.68. The summed E-state index contributed by atoms with van der Waals surface area (Å²) in [5.74, 6) is 0.649. The molecule has 0 saturated carbocycles. The number of nitrogens with two attached hydrogens (primary N) is 1. The highest BCUT2D eigenvalue weighted by Crippen LogP contribution is 2.07. The minimum absolute atomic E-state index is 0.0816. The second kappa shape index (κ2) is 2.88. The second-order valence-electron chi connectivity index (χ2n) is 2.60. The summed E-state index contributed by atoms with van der Waals surface area (Å²) in [6.45, 7) is 3.45. The molecule has 0 aliphatic rings. The van der Waals surface area contributed by atoms with Crippen LogP contribution in [0.3, 0.4) is 0 Å². The number of hydrogen-bond acceptors (Lipinski definition) is 3. The van der Waals surface area contributed by atoms with Crippen LogP contribution in [0.15, 0.2) is 16.7 Å². The number of aryl methyl sites for hydroxylation is 1. The highest BCUT2D eigenvalue weighted by molar-refractivity contribution is 5.99. The number of hydrogen-bond donors (Lipinski definition) is 1. The lowest BCUT2D eigenvalue weighted by Gasteiger charge is -1.98. The quantitative estimate of drug-likeness (QED) is 0.647. The van der Waals surface area contributed by atoms with E-state index < -0.39 is 6.04 Å². The van der Waals surface area contributed by atoms with Crippen LogP contribution in [0.5, 0.6) is 0 Å². The minimum Gasteiger partial charge on any atom is -0.469 e. The van der Waals surface area contributed by atoms with Crippen molar-refractivity contribution in [3.8, 4) is 0 Å². The Kier molecular flexibility index (Phi) is 2.10. The van der Waals surface area contributed by atoms with E-state index in [0.717, 1.165) is 5.76 Å². The first-order valence-corrected chi connectivity index (χ1v) is 3.46. The highest BCUT2D eigenvalue weighted by atomic mass is 16.3. The third-order valence-electron chi connectivity index (χ3n) is 1.43. The number of carbonyl (C=O) groups excluding carboxylic acids is 1. The van der Waals surface area contributed by atoms with Crippen molar-refractivity contribution in [3.05, 3.63) is 23.7 Å². The largest absolute Gasteiger partial charge is 0.469 e. The van der Waals surface area contributed by atoms with Crippen LogP contribution < -0.4 is 5.73 Å². The van der Waals surface area contributed by atoms with E-state index in [1.165, 1.54) is 6.26 Å². The van der Waals surface area contributed by atoms with E-state index in [0.29, 0.717) is 5.56 Å². The molecule has 0 bridgehead atoms. The Hall–Kier alpha value is -1.09. The highest BCUT2D eigenvalue weighted by Gasteiger charge is 2.12. The van der Waals surface area contributed by atoms with Crippen molar-refractivity contribution in [2.45, 2.75) is 19.9 Å². The van der Waals surface area contributed by atoms with Crippen LogP contribution in [-0.4, -0.2) is 11.8 Å². The van der Waals surface area contributed by atoms with E-state index in [1.807, 2.05) is 0 Å². The van der Waals surface area contributed by atoms with Crippen LogP contribution >= 0.6 is 0 Å². The zero-order valence-corrected chi connectivity index (χ0v) is 6.63. The normalized spacial score (nSPS) is 13.0. The van der Waals surface area contributed by atoms with Crippen molar-refractivity contribution in [1.29, 1.82) is 0 Å². The van der Waals surface area contributed by atoms with Crippen molar-refractivity contribution in [2.24, 2.45) is 5.73 Å². The molecule has 1 heterocycles. The number of rotatable bonds is 2. The van der Waals surface area contributed by atoms with E-state index in [1.54, 1.807) is 19.9 Å². The van der Waals surface area contributed by atoms with Gasteiger partial charge in [0.1, 0.15) is 12.0 Å². The smallest absolute Gasteiger partial charge is 0.182 e. The Morgan fingerprint density at radius 1 is 1.73 bits per heavy atom. The van der Waals surface area contributed by atoms with E-state index in [4.69, 9.17) is 10.2 Å². The fourth-order valence-corrected chi connectivity index (χ4v) is 0.836. The molecular formula is C8H11NO2. The van der Waals surface area contributed by atoms with E-state index in [-0.39, 0.29) is 5.78 Å². The molecule has 3 heteroatoms. The Labute approximate surface area is 65.2 Å². The topological polar surface area (TPSA) is 56.2 Å². The molecule has 11 heavy (non-hydrogen) atoms. The van der Waals surface area contributed by atoms with Crippen LogP contribution in [0, 0.1) is 6.92 Å². The Morgan fingerprint density at radius 2 is 2.36 bits per heavy atom. The first kappa shape index (κ1) is 8.01. The molecule has 0 amide bonds. The van der Waals surface area contributed by atoms with Gasteiger partial charge in [-0.15, -0.1) is 0 Å². The van der Waals surface area contributed by atoms with Gasteiger partial charge in [-0.2, -0.15) is 0 Å². The maximum Gasteiger partial charge on any atom is 0.182 e. The van der Waals surface area contributed by atoms with Gasteiger partial charge in [0.15, 0.2) is 5.78 Å². The fourth-order valence-electron chi connectivity index (χ4n) is 0.836. The van der Waals surface area contributed by atoms with Gasteiger partial charge in [-0.3, -0.25) is 4.79 Å². The van der Waals surface area contributed by atoms with E-state index >= 15 is 0 Å². The minimum atomic E-state index is -0.452. The molecule has 1 aromatic rings. The zero-order chi connectivity index (χ0) is 8.43. The molecule has 1 aromatic heterocycles. The van der Waals surface area contributed by atoms with Crippen molar-refractivity contribution < 1.29 is 9.21 Å². The molecule has 1 rings (SSSR count). The van der Waals surface area contributed by atoms with Crippen molar-refractivity contribution in [1.82, 2.24) is 0 Å². The predicted octanol–water partition coefficient (Wildman–Crippen LogP) is 1.12. The van der Waals surface area contributed by atoms with Gasteiger partial charge in [-0.25, -0.2) is 0 Å². The summed E-state index contributed by atoms with van der Waals surface area (Å²) in [6, 6.07) is 1.23. The summed E-state index contributed by atoms with van der Waals surface area (Å²) in [5.41, 5.74) is 5.94. The number of ketones is 1. The summed E-state index contributed by atoms with van der Waals surface area (Å²) < 4.78 is 4.96. The van der Waals surface area contributed by atoms with Crippen LogP contribution in [0.1, 0.15) is 23.0 Å². The summed E-state index contributed by atoms with van der Waals surface area (Å²) in [7, 11) is 0. The molecule has 3 nitrogen and oxygen atoms in total. The average molecular weight is 153 g/mol. The fraction of sp³-hybridized carbons (Fsp3) is 0.375. The summed E-state index contributed by atoms with van der Waals surface area (Å²) >= 11 is 0. The monoisotopic (exact) mass is 153 g/mol. The van der Waals surface area contributed by atoms with Gasteiger partial charge in [0.2, 0.25) is 0 Å². The summed E-state index contributed by atoms with van der Waals surface area (Å²) in [4.78, 5) is 11.2. The molecule has 0 spiro atoms. The van der Waals surface area contributed by atoms with Gasteiger partial charge in [0.05, 0.1) is 11.6 Å². The van der Waals surface area contributed by atoms with E-state index in [9.17, 15) is 4.79 Å². The lowest BCUT2D eigenvalue weighted by Crippen LogP contribution is -2.26. The Bertz CT molecular complexity index is 263. The second-order valence-corrected chi connectivity index (χ2v) is 2.60. The lowest BCUT2D eigenvalue weighted by molar-refractivity contribution is 0.0967. The Morgan fingerprint density at radius 3 is 2.73 bits per heavy atom. The average Bonchev–Trinajstić information content (AvgIpc) is 2.34. The SMILES string of the molecule is Cc1cc(C(=O)C(C)N)co1. The van der Waals surface area contributed by atoms with Crippen LogP contribution in [0.25, 0.3) is 0 Å². The summed E-state index contributed by atoms with van der Waals surface area (Å²) in [6.07, 6.45) is 1.43. The molecular weight excluding hydrogens is 142 g/mol. The van der Waals surface area contributed by atoms with Crippen LogP contribution in [0.2, 0.25) is 0 Å². The maximum atomic E-state index is 11.2. The van der Waals surface area contributed by atoms with Crippen LogP contribution in [0.4, 0.5) is 0 Å². The summed E-state index contributed by atoms with van der Waals surface area (Å²) in [5, 5.41) is 0. The first-order valence-electron chi connectivity index (χ1n) is 3.46. The number of furan rings is 1. The molecule has 0 fully saturated rings. The Balaban J connectivity index is 2.85. The molecule has 2 N–H and O–H groups in total. The van der Waals surface area contributed by atoms with Gasteiger partial charge in [-0.1, -0.05) is 0 Å². The number of carbonyl (C=O) groups is 1. The van der Waals surface area contributed by atoms with Gasteiger partial charge in [0, 0.05) is 0 Å². The number of Topliss-reactive ketones (excluding diaryl/α,β-unsaturated/α-hetero) is 1. The zero-order valence-electron chi connectivity index (χ0n) is 6.63. The van der Waals surface area contributed by atoms with Gasteiger partial charge in [-0.05, 0) is 19.9 Å². The molecule has 0 aromatic carbocycles. The first-order chi connectivity index (χ1) is 5.11. The van der Waals surface area contributed by atoms with Gasteiger partial charge < -0.3 is 10.2 Å². The van der Waals surface area contributed by atoms with Crippen molar-refractivity contribution in [3.63, 3.8) is 0 Å². The maximum absolute atomic E-state index is 11.2. The molecule has 1 atom stereocenters. The molecule has 1 unspecified atom stereocenters. The van der Waals surface area contributed by atoms with Gasteiger partial charge >= 0.3 is 0 Å². The third-order valence-corrected chi connectivity index (χ3v) is 1.43. The van der Waals surface area contributed by atoms with E-state index in [2.05, 4.69) is 0 Å². The molecule has 0 aliphatic carbocycles. The predicted molar refractivity (Wildman–Crippen MR) is 41.4 cm³/mol. The molecule has 0 radical (unpaired) electrons. The van der Waals surface area contributed by atoms with Crippen molar-refractivity contribution in [2.75, 3.05) is 0 Å². The van der Waals surface area contributed by atoms with Crippen molar-refractivity contribution >= 4 is 5.78 Å². The molecule has 60 valence electrons. The van der Waals surface area contributed by atoms with Gasteiger partial charge in [0.25, 0.3) is 0 Å². The lowest BCUT2D eigenvalue weighted by atomic mass is 10.1. The van der Waals surface area contributed by atoms with Crippen LogP contribution in [-0.2, 0) is 0 Å². The molecule has 0 saturated heterocycles. The molecule has 0 aliphatic heterocycles.